The molecule has 1 saturated carbocycles. The van der Waals surface area contributed by atoms with Gasteiger partial charge in [0, 0.05) is 30.4 Å². The normalized spacial score (nSPS) is 24.4. The SMILES string of the molecule is CC(=O)N1c2ccccc2N(C(=O)c2csc(NC3CCCNC34CCCCCC4)n2)C[C@@H]1C. The number of benzene rings is 1. The third kappa shape index (κ3) is 4.33. The van der Waals surface area contributed by atoms with E-state index < -0.39 is 0 Å². The van der Waals surface area contributed by atoms with E-state index in [0.717, 1.165) is 35.9 Å². The molecule has 8 heteroatoms. The first-order valence-electron chi connectivity index (χ1n) is 12.7. The number of aromatic nitrogens is 1. The molecule has 2 fully saturated rings. The van der Waals surface area contributed by atoms with Gasteiger partial charge in [0.15, 0.2) is 5.13 Å². The molecule has 3 aliphatic rings. The third-order valence-electron chi connectivity index (χ3n) is 7.73. The molecule has 7 nitrogen and oxygen atoms in total. The predicted molar refractivity (Wildman–Crippen MR) is 138 cm³/mol. The summed E-state index contributed by atoms with van der Waals surface area (Å²) in [6.45, 7) is 5.09. The molecule has 34 heavy (non-hydrogen) atoms. The Morgan fingerprint density at radius 3 is 2.59 bits per heavy atom. The molecule has 2 atom stereocenters. The Hall–Kier alpha value is -2.45. The van der Waals surface area contributed by atoms with E-state index >= 15 is 0 Å². The highest BCUT2D eigenvalue weighted by Crippen LogP contribution is 2.38. The summed E-state index contributed by atoms with van der Waals surface area (Å²) in [5, 5.41) is 10.3. The first-order chi connectivity index (χ1) is 16.5. The fraction of sp³-hybridized carbons (Fsp3) is 0.577. The minimum absolute atomic E-state index is 0.0132. The molecule has 1 aliphatic carbocycles. The highest BCUT2D eigenvalue weighted by Gasteiger charge is 2.41. The van der Waals surface area contributed by atoms with Crippen molar-refractivity contribution in [2.24, 2.45) is 0 Å². The maximum atomic E-state index is 13.6. The van der Waals surface area contributed by atoms with E-state index in [-0.39, 0.29) is 23.4 Å². The lowest BCUT2D eigenvalue weighted by Crippen LogP contribution is -2.60. The predicted octanol–water partition coefficient (Wildman–Crippen LogP) is 4.80. The van der Waals surface area contributed by atoms with E-state index in [2.05, 4.69) is 10.6 Å². The van der Waals surface area contributed by atoms with Crippen molar-refractivity contribution < 1.29 is 9.59 Å². The number of fused-ring (bicyclic) bond motifs is 1. The molecule has 182 valence electrons. The summed E-state index contributed by atoms with van der Waals surface area (Å²) in [5.74, 6) is -0.126. The van der Waals surface area contributed by atoms with Crippen LogP contribution in [0.25, 0.3) is 0 Å². The molecule has 3 heterocycles. The summed E-state index contributed by atoms with van der Waals surface area (Å²) >= 11 is 1.51. The van der Waals surface area contributed by atoms with Crippen molar-refractivity contribution >= 4 is 39.7 Å². The van der Waals surface area contributed by atoms with Gasteiger partial charge in [-0.1, -0.05) is 37.8 Å². The molecular weight excluding hydrogens is 446 g/mol. The van der Waals surface area contributed by atoms with Gasteiger partial charge in [0.2, 0.25) is 5.91 Å². The zero-order valence-corrected chi connectivity index (χ0v) is 21.0. The number of nitrogens with one attached hydrogen (secondary N) is 2. The van der Waals surface area contributed by atoms with Crippen molar-refractivity contribution in [1.82, 2.24) is 10.3 Å². The van der Waals surface area contributed by atoms with Crippen LogP contribution in [0, 0.1) is 0 Å². The molecule has 5 rings (SSSR count). The van der Waals surface area contributed by atoms with E-state index in [1.54, 1.807) is 16.7 Å². The van der Waals surface area contributed by atoms with Crippen molar-refractivity contribution in [3.05, 3.63) is 35.3 Å². The molecule has 2 aliphatic heterocycles. The Labute approximate surface area is 205 Å². The van der Waals surface area contributed by atoms with Gasteiger partial charge >= 0.3 is 0 Å². The maximum Gasteiger partial charge on any atom is 0.277 e. The lowest BCUT2D eigenvalue weighted by atomic mass is 9.78. The molecule has 1 spiro atoms. The largest absolute Gasteiger partial charge is 0.357 e. The second-order valence-electron chi connectivity index (χ2n) is 10.0. The number of anilines is 3. The molecule has 1 aromatic carbocycles. The molecule has 1 aromatic heterocycles. The Balaban J connectivity index is 1.36. The van der Waals surface area contributed by atoms with Crippen LogP contribution in [0.15, 0.2) is 29.6 Å². The van der Waals surface area contributed by atoms with Crippen molar-refractivity contribution in [3.63, 3.8) is 0 Å². The van der Waals surface area contributed by atoms with E-state index in [1.165, 1.54) is 49.9 Å². The molecule has 1 saturated heterocycles. The number of hydrogen-bond acceptors (Lipinski definition) is 6. The van der Waals surface area contributed by atoms with Gasteiger partial charge in [-0.2, -0.15) is 0 Å². The molecule has 0 bridgehead atoms. The summed E-state index contributed by atoms with van der Waals surface area (Å²) in [6.07, 6.45) is 9.90. The fourth-order valence-corrected chi connectivity index (χ4v) is 6.85. The van der Waals surface area contributed by atoms with Crippen LogP contribution >= 0.6 is 11.3 Å². The summed E-state index contributed by atoms with van der Waals surface area (Å²) < 4.78 is 0. The lowest BCUT2D eigenvalue weighted by molar-refractivity contribution is -0.117. The highest BCUT2D eigenvalue weighted by atomic mass is 32.1. The molecule has 0 radical (unpaired) electrons. The van der Waals surface area contributed by atoms with Gasteiger partial charge < -0.3 is 20.4 Å². The Morgan fingerprint density at radius 2 is 1.85 bits per heavy atom. The standard InChI is InChI=1S/C26H35N5O2S/c1-18-16-30(21-10-5-6-11-22(21)31(18)19(2)32)24(33)20-17-34-25(28-20)29-23-12-9-15-27-26(23)13-7-3-4-8-14-26/h5-6,10-11,17-18,23,27H,3-4,7-9,12-16H2,1-2H3,(H,28,29)/t18-,23?/m0/s1. The van der Waals surface area contributed by atoms with Gasteiger partial charge in [-0.25, -0.2) is 4.98 Å². The third-order valence-corrected chi connectivity index (χ3v) is 8.51. The van der Waals surface area contributed by atoms with E-state index in [4.69, 9.17) is 4.98 Å². The quantitative estimate of drug-likeness (QED) is 0.658. The number of rotatable bonds is 3. The summed E-state index contributed by atoms with van der Waals surface area (Å²) in [7, 11) is 0. The number of para-hydroxylation sites is 2. The Morgan fingerprint density at radius 1 is 1.12 bits per heavy atom. The molecule has 1 unspecified atom stereocenters. The zero-order valence-electron chi connectivity index (χ0n) is 20.2. The van der Waals surface area contributed by atoms with Crippen molar-refractivity contribution in [1.29, 1.82) is 0 Å². The summed E-state index contributed by atoms with van der Waals surface area (Å²) in [6, 6.07) is 7.86. The topological polar surface area (TPSA) is 77.6 Å². The van der Waals surface area contributed by atoms with Gasteiger partial charge in [-0.15, -0.1) is 11.3 Å². The van der Waals surface area contributed by atoms with E-state index in [1.807, 2.05) is 36.6 Å². The van der Waals surface area contributed by atoms with E-state index in [9.17, 15) is 9.59 Å². The van der Waals surface area contributed by atoms with Crippen molar-refractivity contribution in [3.8, 4) is 0 Å². The van der Waals surface area contributed by atoms with Crippen LogP contribution in [0.5, 0.6) is 0 Å². The number of nitrogens with zero attached hydrogens (tertiary/aromatic N) is 3. The van der Waals surface area contributed by atoms with Crippen LogP contribution in [-0.4, -0.2) is 47.5 Å². The fourth-order valence-electron chi connectivity index (χ4n) is 6.11. The molecule has 2 aromatic rings. The van der Waals surface area contributed by atoms with Gasteiger partial charge in [0.05, 0.1) is 17.4 Å². The summed E-state index contributed by atoms with van der Waals surface area (Å²) in [4.78, 5) is 34.1. The number of carbonyl (C=O) groups is 2. The van der Waals surface area contributed by atoms with Crippen LogP contribution in [-0.2, 0) is 4.79 Å². The average molecular weight is 482 g/mol. The lowest BCUT2D eigenvalue weighted by Gasteiger charge is -2.45. The van der Waals surface area contributed by atoms with Crippen LogP contribution in [0.4, 0.5) is 16.5 Å². The first kappa shape index (κ1) is 23.3. The van der Waals surface area contributed by atoms with Gasteiger partial charge in [0.25, 0.3) is 5.91 Å². The average Bonchev–Trinajstić information content (AvgIpc) is 3.17. The second kappa shape index (κ2) is 9.66. The second-order valence-corrected chi connectivity index (χ2v) is 10.9. The number of thiazole rings is 1. The molecular formula is C26H35N5O2S. The molecule has 2 amide bonds. The van der Waals surface area contributed by atoms with Crippen LogP contribution in [0.2, 0.25) is 0 Å². The van der Waals surface area contributed by atoms with Gasteiger partial charge in [-0.05, 0) is 51.3 Å². The van der Waals surface area contributed by atoms with Gasteiger partial charge in [-0.3, -0.25) is 9.59 Å². The van der Waals surface area contributed by atoms with Crippen LogP contribution in [0.1, 0.15) is 75.7 Å². The minimum atomic E-state index is -0.113. The number of piperidine rings is 1. The van der Waals surface area contributed by atoms with E-state index in [0.29, 0.717) is 18.3 Å². The highest BCUT2D eigenvalue weighted by molar-refractivity contribution is 7.13. The molecule has 2 N–H and O–H groups in total. The Kier molecular flexibility index (Phi) is 6.62. The smallest absolute Gasteiger partial charge is 0.277 e. The first-order valence-corrected chi connectivity index (χ1v) is 13.5. The minimum Gasteiger partial charge on any atom is -0.357 e. The van der Waals surface area contributed by atoms with Crippen molar-refractivity contribution in [2.45, 2.75) is 82.8 Å². The number of hydrogen-bond donors (Lipinski definition) is 2. The summed E-state index contributed by atoms with van der Waals surface area (Å²) in [5.41, 5.74) is 2.14. The van der Waals surface area contributed by atoms with Crippen molar-refractivity contribution in [2.75, 3.05) is 28.2 Å². The zero-order chi connectivity index (χ0) is 23.7. The Bertz CT molecular complexity index is 1050. The van der Waals surface area contributed by atoms with Crippen LogP contribution < -0.4 is 20.4 Å². The van der Waals surface area contributed by atoms with Crippen LogP contribution in [0.3, 0.4) is 0 Å². The number of amides is 2. The number of carbonyl (C=O) groups excluding carboxylic acids is 2. The monoisotopic (exact) mass is 481 g/mol. The van der Waals surface area contributed by atoms with Gasteiger partial charge in [0.1, 0.15) is 5.69 Å². The maximum absolute atomic E-state index is 13.6.